The van der Waals surface area contributed by atoms with E-state index in [2.05, 4.69) is 131 Å². The molecule has 5 heteroatoms. The van der Waals surface area contributed by atoms with Crippen LogP contribution < -0.4 is 20.7 Å². The van der Waals surface area contributed by atoms with Crippen molar-refractivity contribution in [2.24, 2.45) is 0 Å². The van der Waals surface area contributed by atoms with E-state index in [-0.39, 0.29) is 0 Å². The Bertz CT molecular complexity index is 1670. The fraction of sp³-hybridized carbons (Fsp3) is 0.277. The van der Waals surface area contributed by atoms with Crippen LogP contribution in [0.4, 0.5) is 11.4 Å². The number of allylic oxidation sites excluding steroid dienone is 4. The average Bonchev–Trinajstić information content (AvgIpc) is 3.19. The molecule has 0 aromatic heterocycles. The van der Waals surface area contributed by atoms with Crippen LogP contribution in [0.2, 0.25) is 0 Å². The van der Waals surface area contributed by atoms with Crippen LogP contribution in [0.1, 0.15) is 109 Å². The number of nitrogens with one attached hydrogen (secondary N) is 3. The van der Waals surface area contributed by atoms with Gasteiger partial charge in [0.15, 0.2) is 0 Å². The monoisotopic (exact) mass is 719 g/mol. The quantitative estimate of drug-likeness (QED) is 0.129. The summed E-state index contributed by atoms with van der Waals surface area (Å²) in [6.45, 7) is 40.6. The number of rotatable bonds is 16. The van der Waals surface area contributed by atoms with E-state index < -0.39 is 0 Å². The molecule has 4 nitrogen and oxygen atoms in total. The van der Waals surface area contributed by atoms with Crippen LogP contribution in [0.25, 0.3) is 23.8 Å². The summed E-state index contributed by atoms with van der Waals surface area (Å²) in [5, 5.41) is 10.9. The third-order valence-corrected chi connectivity index (χ3v) is 8.60. The summed E-state index contributed by atoms with van der Waals surface area (Å²) in [4.78, 5) is 0.969. The molecule has 0 aliphatic rings. The molecule has 0 aliphatic carbocycles. The molecule has 0 unspecified atom stereocenters. The molecule has 3 N–H and O–H groups in total. The van der Waals surface area contributed by atoms with Crippen LogP contribution in [0.15, 0.2) is 133 Å². The minimum Gasteiger partial charge on any atom is -0.496 e. The van der Waals surface area contributed by atoms with E-state index in [1.807, 2.05) is 72.0 Å². The van der Waals surface area contributed by atoms with E-state index >= 15 is 0 Å². The third-order valence-electron chi connectivity index (χ3n) is 7.55. The zero-order valence-electron chi connectivity index (χ0n) is 33.9. The molecule has 0 saturated carbocycles. The Morgan fingerprint density at radius 1 is 0.827 bits per heavy atom. The van der Waals surface area contributed by atoms with Crippen molar-refractivity contribution in [3.63, 3.8) is 0 Å². The van der Waals surface area contributed by atoms with Gasteiger partial charge in [-0.25, -0.2) is 0 Å². The molecule has 0 heterocycles. The van der Waals surface area contributed by atoms with E-state index in [1.165, 1.54) is 28.6 Å². The highest BCUT2D eigenvalue weighted by molar-refractivity contribution is 8.07. The summed E-state index contributed by atoms with van der Waals surface area (Å²) in [5.74, 6) is 1.34. The largest absolute Gasteiger partial charge is 0.496 e. The molecular weight excluding hydrogens is 655 g/mol. The van der Waals surface area contributed by atoms with E-state index in [0.29, 0.717) is 5.92 Å². The van der Waals surface area contributed by atoms with Gasteiger partial charge in [-0.3, -0.25) is 0 Å². The molecule has 0 bridgehead atoms. The maximum atomic E-state index is 5.53. The first-order chi connectivity index (χ1) is 25.0. The first-order valence-corrected chi connectivity index (χ1v) is 19.0. The van der Waals surface area contributed by atoms with E-state index in [4.69, 9.17) is 4.74 Å². The van der Waals surface area contributed by atoms with Crippen molar-refractivity contribution >= 4 is 46.9 Å². The SMILES string of the molecule is C=Cc1cc(NC(=C)S/C(=C\C)C(=C)N/C=C(\C)c2cccc(NC(=CC)CC)c2)cc(OC)c1C=C.C=Cc1ccc(C(C)C)cc1.CC.CC. The lowest BCUT2D eigenvalue weighted by atomic mass is 10.0. The van der Waals surface area contributed by atoms with Crippen molar-refractivity contribution in [3.05, 3.63) is 161 Å². The Hall–Kier alpha value is -4.87. The van der Waals surface area contributed by atoms with Crippen LogP contribution in [-0.4, -0.2) is 7.11 Å². The van der Waals surface area contributed by atoms with Gasteiger partial charge in [0, 0.05) is 45.5 Å². The van der Waals surface area contributed by atoms with E-state index in [9.17, 15) is 0 Å². The first-order valence-electron chi connectivity index (χ1n) is 18.2. The van der Waals surface area contributed by atoms with Gasteiger partial charge in [0.05, 0.1) is 12.1 Å². The minimum absolute atomic E-state index is 0.619. The molecule has 0 spiro atoms. The van der Waals surface area contributed by atoms with Crippen LogP contribution >= 0.6 is 11.8 Å². The predicted octanol–water partition coefficient (Wildman–Crippen LogP) is 14.9. The van der Waals surface area contributed by atoms with Gasteiger partial charge < -0.3 is 20.7 Å². The minimum atomic E-state index is 0.619. The molecule has 0 radical (unpaired) electrons. The number of anilines is 2. The molecule has 52 heavy (non-hydrogen) atoms. The molecule has 0 saturated heterocycles. The van der Waals surface area contributed by atoms with E-state index in [1.54, 1.807) is 19.3 Å². The highest BCUT2D eigenvalue weighted by Gasteiger charge is 2.10. The standard InChI is InChI=1S/C32H39N3OS.C11H14.2C2H6/c1-10-25-18-29(20-31(36-9)30(25)13-4)34-24(8)37-32(14-5)23(7)33-21-22(6)26-16-15-17-28(19-26)35-27(11-2)12-3;1-4-10-5-7-11(8-6-10)9(2)3;2*1-2/h10-11,13-21,33-35H,1,4,7-8,12H2,2-3,5-6,9H3;4-9H,1H2,2-3H3;2*1-2H3/b22-21+,27-11?,32-14-;;;. The van der Waals surface area contributed by atoms with Crippen LogP contribution in [-0.2, 0) is 0 Å². The van der Waals surface area contributed by atoms with Gasteiger partial charge in [-0.2, -0.15) is 0 Å². The van der Waals surface area contributed by atoms with Crippen molar-refractivity contribution in [1.29, 1.82) is 0 Å². The number of hydrogen-bond acceptors (Lipinski definition) is 5. The van der Waals surface area contributed by atoms with E-state index in [0.717, 1.165) is 61.4 Å². The van der Waals surface area contributed by atoms with Gasteiger partial charge in [0.2, 0.25) is 0 Å². The Balaban J connectivity index is 0.00000145. The first kappa shape index (κ1) is 47.1. The van der Waals surface area contributed by atoms with Crippen LogP contribution in [0.5, 0.6) is 5.75 Å². The summed E-state index contributed by atoms with van der Waals surface area (Å²) >= 11 is 1.51. The van der Waals surface area contributed by atoms with Crippen molar-refractivity contribution in [2.45, 2.75) is 81.6 Å². The molecule has 0 amide bonds. The molecule has 280 valence electrons. The maximum Gasteiger partial charge on any atom is 0.128 e. The van der Waals surface area contributed by atoms with Crippen molar-refractivity contribution < 1.29 is 4.74 Å². The number of ether oxygens (including phenoxy) is 1. The zero-order chi connectivity index (χ0) is 39.6. The van der Waals surface area contributed by atoms with Gasteiger partial charge >= 0.3 is 0 Å². The van der Waals surface area contributed by atoms with Crippen LogP contribution in [0.3, 0.4) is 0 Å². The van der Waals surface area contributed by atoms with Gasteiger partial charge in [-0.1, -0.05) is 160 Å². The lowest BCUT2D eigenvalue weighted by Crippen LogP contribution is -2.07. The summed E-state index contributed by atoms with van der Waals surface area (Å²) in [6, 6.07) is 20.8. The maximum absolute atomic E-state index is 5.53. The molecule has 3 rings (SSSR count). The second kappa shape index (κ2) is 26.9. The fourth-order valence-corrected chi connectivity index (χ4v) is 5.38. The Morgan fingerprint density at radius 3 is 1.98 bits per heavy atom. The highest BCUT2D eigenvalue weighted by atomic mass is 32.2. The molecule has 0 fully saturated rings. The topological polar surface area (TPSA) is 45.3 Å². The second-order valence-electron chi connectivity index (χ2n) is 11.2. The van der Waals surface area contributed by atoms with Gasteiger partial charge in [0.1, 0.15) is 5.75 Å². The number of methoxy groups -OCH3 is 1. The Kier molecular flexibility index (Phi) is 24.4. The molecule has 0 atom stereocenters. The van der Waals surface area contributed by atoms with Crippen molar-refractivity contribution in [3.8, 4) is 5.75 Å². The zero-order valence-corrected chi connectivity index (χ0v) is 34.7. The normalized spacial score (nSPS) is 10.9. The summed E-state index contributed by atoms with van der Waals surface area (Å²) < 4.78 is 5.53. The fourth-order valence-electron chi connectivity index (χ4n) is 4.65. The molecule has 0 aliphatic heterocycles. The predicted molar refractivity (Wildman–Crippen MR) is 241 cm³/mol. The van der Waals surface area contributed by atoms with Gasteiger partial charge in [0.25, 0.3) is 0 Å². The number of hydrogen-bond donors (Lipinski definition) is 3. The second-order valence-corrected chi connectivity index (χ2v) is 12.4. The van der Waals surface area contributed by atoms with Crippen LogP contribution in [0, 0.1) is 0 Å². The van der Waals surface area contributed by atoms with Gasteiger partial charge in [-0.05, 0) is 79.1 Å². The molecule has 3 aromatic carbocycles. The average molecular weight is 720 g/mol. The van der Waals surface area contributed by atoms with Gasteiger partial charge in [-0.15, -0.1) is 0 Å². The lowest BCUT2D eigenvalue weighted by molar-refractivity contribution is 0.414. The van der Waals surface area contributed by atoms with Crippen molar-refractivity contribution in [2.75, 3.05) is 17.7 Å². The van der Waals surface area contributed by atoms with Crippen molar-refractivity contribution in [1.82, 2.24) is 5.32 Å². The summed E-state index contributed by atoms with van der Waals surface area (Å²) in [6.07, 6.45) is 12.5. The summed E-state index contributed by atoms with van der Waals surface area (Å²) in [7, 11) is 1.64. The Labute approximate surface area is 322 Å². The number of benzene rings is 3. The number of thioether (sulfide) groups is 1. The summed E-state index contributed by atoms with van der Waals surface area (Å²) in [5.41, 5.74) is 10.6. The Morgan fingerprint density at radius 2 is 1.48 bits per heavy atom. The third kappa shape index (κ3) is 16.0. The highest BCUT2D eigenvalue weighted by Crippen LogP contribution is 2.33. The molecule has 3 aromatic rings. The lowest BCUT2D eigenvalue weighted by Gasteiger charge is -2.16. The smallest absolute Gasteiger partial charge is 0.128 e. The molecular formula is C47H65N3OS.